The number of hydrogen-bond acceptors (Lipinski definition) is 4. The van der Waals surface area contributed by atoms with Gasteiger partial charge in [-0.1, -0.05) is 6.92 Å². The lowest BCUT2D eigenvalue weighted by Crippen LogP contribution is -2.16. The van der Waals surface area contributed by atoms with E-state index < -0.39 is 0 Å². The smallest absolute Gasteiger partial charge is 0.180 e. The van der Waals surface area contributed by atoms with E-state index in [9.17, 15) is 4.79 Å². The number of hydrogen-bond donors (Lipinski definition) is 0. The van der Waals surface area contributed by atoms with Crippen LogP contribution in [0.3, 0.4) is 0 Å². The number of ether oxygens (including phenoxy) is 2. The number of nitrogens with zero attached hydrogens (tertiary/aromatic N) is 1. The fraction of sp³-hybridized carbons (Fsp3) is 0.538. The van der Waals surface area contributed by atoms with E-state index >= 15 is 0 Å². The second kappa shape index (κ2) is 5.77. The summed E-state index contributed by atoms with van der Waals surface area (Å²) in [6.07, 6.45) is 4.43. The molecule has 17 heavy (non-hydrogen) atoms. The van der Waals surface area contributed by atoms with E-state index in [0.717, 1.165) is 19.4 Å². The first kappa shape index (κ1) is 12.0. The van der Waals surface area contributed by atoms with Crippen molar-refractivity contribution in [1.82, 2.24) is 4.98 Å². The van der Waals surface area contributed by atoms with Crippen molar-refractivity contribution in [3.8, 4) is 5.75 Å². The van der Waals surface area contributed by atoms with Crippen LogP contribution in [0.4, 0.5) is 0 Å². The van der Waals surface area contributed by atoms with E-state index in [1.165, 1.54) is 0 Å². The lowest BCUT2D eigenvalue weighted by molar-refractivity contribution is 0.0678. The van der Waals surface area contributed by atoms with Crippen LogP contribution in [0.25, 0.3) is 0 Å². The maximum atomic E-state index is 11.4. The summed E-state index contributed by atoms with van der Waals surface area (Å²) in [5.74, 6) is 0.740. The van der Waals surface area contributed by atoms with Crippen molar-refractivity contribution in [2.45, 2.75) is 32.3 Å². The Morgan fingerprint density at radius 2 is 2.47 bits per heavy atom. The summed E-state index contributed by atoms with van der Waals surface area (Å²) in [4.78, 5) is 15.4. The van der Waals surface area contributed by atoms with Crippen LogP contribution in [0.2, 0.25) is 0 Å². The molecule has 0 N–H and O–H groups in total. The minimum atomic E-state index is 0.0516. The zero-order valence-corrected chi connectivity index (χ0v) is 10.0. The van der Waals surface area contributed by atoms with Crippen LogP contribution in [-0.2, 0) is 4.74 Å². The molecular formula is C13H17NO3. The minimum absolute atomic E-state index is 0.0516. The molecule has 0 saturated carbocycles. The molecule has 1 unspecified atom stereocenters. The Kier molecular flexibility index (Phi) is 4.09. The Bertz CT molecular complexity index is 369. The monoisotopic (exact) mass is 235 g/mol. The zero-order valence-electron chi connectivity index (χ0n) is 10.0. The molecule has 92 valence electrons. The van der Waals surface area contributed by atoms with E-state index in [4.69, 9.17) is 9.47 Å². The van der Waals surface area contributed by atoms with E-state index in [2.05, 4.69) is 4.98 Å². The van der Waals surface area contributed by atoms with Gasteiger partial charge in [-0.05, 0) is 25.0 Å². The third kappa shape index (κ3) is 3.27. The van der Waals surface area contributed by atoms with E-state index in [1.54, 1.807) is 18.3 Å². The molecule has 4 nitrogen and oxygen atoms in total. The van der Waals surface area contributed by atoms with E-state index in [0.29, 0.717) is 24.5 Å². The van der Waals surface area contributed by atoms with Gasteiger partial charge in [-0.15, -0.1) is 0 Å². The predicted molar refractivity (Wildman–Crippen MR) is 63.3 cm³/mol. The molecular weight excluding hydrogens is 218 g/mol. The van der Waals surface area contributed by atoms with Gasteiger partial charge in [0, 0.05) is 13.0 Å². The molecule has 2 heterocycles. The number of rotatable bonds is 5. The van der Waals surface area contributed by atoms with Crippen molar-refractivity contribution in [2.75, 3.05) is 13.2 Å². The van der Waals surface area contributed by atoms with Crippen LogP contribution in [0.1, 0.15) is 36.7 Å². The molecule has 1 aromatic heterocycles. The average molecular weight is 235 g/mol. The number of aromatic nitrogens is 1. The fourth-order valence-electron chi connectivity index (χ4n) is 1.78. The summed E-state index contributed by atoms with van der Waals surface area (Å²) < 4.78 is 11.0. The number of pyridine rings is 1. The highest BCUT2D eigenvalue weighted by molar-refractivity contribution is 5.93. The molecule has 0 aliphatic carbocycles. The second-order valence-corrected chi connectivity index (χ2v) is 4.10. The van der Waals surface area contributed by atoms with E-state index in [1.807, 2.05) is 6.92 Å². The quantitative estimate of drug-likeness (QED) is 0.734. The highest BCUT2D eigenvalue weighted by Crippen LogP contribution is 2.15. The predicted octanol–water partition coefficient (Wildman–Crippen LogP) is 2.23. The summed E-state index contributed by atoms with van der Waals surface area (Å²) in [5.41, 5.74) is 0.497. The highest BCUT2D eigenvalue weighted by atomic mass is 16.5. The van der Waals surface area contributed by atoms with Crippen molar-refractivity contribution in [2.24, 2.45) is 0 Å². The third-order valence-corrected chi connectivity index (χ3v) is 2.80. The van der Waals surface area contributed by atoms with Crippen LogP contribution in [0.5, 0.6) is 5.75 Å². The number of Topliss-reactive ketones (excluding diaryl/α,β-unsaturated/α-hetero) is 1. The van der Waals surface area contributed by atoms with Crippen molar-refractivity contribution >= 4 is 5.78 Å². The molecule has 4 heteroatoms. The zero-order chi connectivity index (χ0) is 12.1. The average Bonchev–Trinajstić information content (AvgIpc) is 2.89. The molecule has 1 saturated heterocycles. The molecule has 0 spiro atoms. The highest BCUT2D eigenvalue weighted by Gasteiger charge is 2.16. The van der Waals surface area contributed by atoms with E-state index in [-0.39, 0.29) is 11.9 Å². The van der Waals surface area contributed by atoms with Crippen molar-refractivity contribution in [3.05, 3.63) is 24.0 Å². The van der Waals surface area contributed by atoms with Gasteiger partial charge in [0.25, 0.3) is 0 Å². The van der Waals surface area contributed by atoms with Crippen LogP contribution in [-0.4, -0.2) is 30.1 Å². The Morgan fingerprint density at radius 1 is 1.59 bits per heavy atom. The lowest BCUT2D eigenvalue weighted by Gasteiger charge is -2.11. The molecule has 0 amide bonds. The molecule has 1 fully saturated rings. The normalized spacial score (nSPS) is 19.2. The van der Waals surface area contributed by atoms with Gasteiger partial charge in [-0.2, -0.15) is 0 Å². The van der Waals surface area contributed by atoms with Crippen LogP contribution in [0, 0.1) is 0 Å². The number of ketones is 1. The van der Waals surface area contributed by atoms with Gasteiger partial charge in [-0.25, -0.2) is 4.98 Å². The Morgan fingerprint density at radius 3 is 3.06 bits per heavy atom. The van der Waals surface area contributed by atoms with Gasteiger partial charge in [0.2, 0.25) is 0 Å². The standard InChI is InChI=1S/C13H17NO3/c1-2-13(15)12-6-5-10(8-14-12)17-9-11-4-3-7-16-11/h5-6,8,11H,2-4,7,9H2,1H3. The topological polar surface area (TPSA) is 48.4 Å². The number of carbonyl (C=O) groups excluding carboxylic acids is 1. The van der Waals surface area contributed by atoms with Gasteiger partial charge in [0.1, 0.15) is 18.1 Å². The molecule has 1 atom stereocenters. The lowest BCUT2D eigenvalue weighted by atomic mass is 10.2. The van der Waals surface area contributed by atoms with Crippen molar-refractivity contribution in [1.29, 1.82) is 0 Å². The van der Waals surface area contributed by atoms with Crippen LogP contribution >= 0.6 is 0 Å². The largest absolute Gasteiger partial charge is 0.489 e. The Hall–Kier alpha value is -1.42. The maximum absolute atomic E-state index is 11.4. The molecule has 1 aromatic rings. The Balaban J connectivity index is 1.87. The van der Waals surface area contributed by atoms with Crippen LogP contribution < -0.4 is 4.74 Å². The van der Waals surface area contributed by atoms with Crippen molar-refractivity contribution < 1.29 is 14.3 Å². The molecule has 1 aliphatic rings. The summed E-state index contributed by atoms with van der Waals surface area (Å²) in [6.45, 7) is 3.21. The van der Waals surface area contributed by atoms with Gasteiger partial charge in [-0.3, -0.25) is 4.79 Å². The first-order chi connectivity index (χ1) is 8.29. The summed E-state index contributed by atoms with van der Waals surface area (Å²) in [6, 6.07) is 3.49. The first-order valence-electron chi connectivity index (χ1n) is 6.03. The molecule has 2 rings (SSSR count). The van der Waals surface area contributed by atoms with Gasteiger partial charge < -0.3 is 9.47 Å². The maximum Gasteiger partial charge on any atom is 0.180 e. The summed E-state index contributed by atoms with van der Waals surface area (Å²) in [5, 5.41) is 0. The SMILES string of the molecule is CCC(=O)c1ccc(OCC2CCCO2)cn1. The van der Waals surface area contributed by atoms with Gasteiger partial charge in [0.15, 0.2) is 5.78 Å². The minimum Gasteiger partial charge on any atom is -0.489 e. The molecule has 0 aromatic carbocycles. The number of carbonyl (C=O) groups is 1. The molecule has 1 aliphatic heterocycles. The molecule has 0 radical (unpaired) electrons. The summed E-state index contributed by atoms with van der Waals surface area (Å²) in [7, 11) is 0. The first-order valence-corrected chi connectivity index (χ1v) is 6.03. The van der Waals surface area contributed by atoms with Crippen molar-refractivity contribution in [3.63, 3.8) is 0 Å². The van der Waals surface area contributed by atoms with Crippen LogP contribution in [0.15, 0.2) is 18.3 Å². The van der Waals surface area contributed by atoms with Gasteiger partial charge >= 0.3 is 0 Å². The molecule has 0 bridgehead atoms. The van der Waals surface area contributed by atoms with Gasteiger partial charge in [0.05, 0.1) is 12.3 Å². The fourth-order valence-corrected chi connectivity index (χ4v) is 1.78. The summed E-state index contributed by atoms with van der Waals surface area (Å²) >= 11 is 0. The second-order valence-electron chi connectivity index (χ2n) is 4.10. The third-order valence-electron chi connectivity index (χ3n) is 2.80. The Labute approximate surface area is 101 Å².